The van der Waals surface area contributed by atoms with Crippen LogP contribution in [0.5, 0.6) is 5.88 Å². The van der Waals surface area contributed by atoms with E-state index in [1.807, 2.05) is 6.92 Å². The van der Waals surface area contributed by atoms with E-state index in [-0.39, 0.29) is 23.4 Å². The van der Waals surface area contributed by atoms with Gasteiger partial charge in [-0.25, -0.2) is 4.98 Å². The van der Waals surface area contributed by atoms with Gasteiger partial charge >= 0.3 is 5.69 Å². The van der Waals surface area contributed by atoms with Crippen molar-refractivity contribution in [3.05, 3.63) is 15.8 Å². The topological polar surface area (TPSA) is 99.4 Å². The highest BCUT2D eigenvalue weighted by Gasteiger charge is 2.29. The molecule has 8 heteroatoms. The third-order valence-electron chi connectivity index (χ3n) is 2.63. The van der Waals surface area contributed by atoms with Gasteiger partial charge < -0.3 is 14.8 Å². The van der Waals surface area contributed by atoms with Crippen molar-refractivity contribution in [3.8, 4) is 5.88 Å². The van der Waals surface area contributed by atoms with Crippen LogP contribution in [-0.2, 0) is 4.74 Å². The van der Waals surface area contributed by atoms with Crippen LogP contribution < -0.4 is 10.1 Å². The number of rotatable bonds is 6. The van der Waals surface area contributed by atoms with E-state index in [0.717, 1.165) is 6.42 Å². The molecule has 0 bridgehead atoms. The van der Waals surface area contributed by atoms with Gasteiger partial charge in [-0.2, -0.15) is 4.98 Å². The first-order valence-electron chi connectivity index (χ1n) is 6.13. The third-order valence-corrected chi connectivity index (χ3v) is 2.63. The maximum Gasteiger partial charge on any atom is 0.352 e. The highest BCUT2D eigenvalue weighted by molar-refractivity contribution is 5.49. The molecule has 2 rings (SSSR count). The van der Waals surface area contributed by atoms with Crippen LogP contribution in [0.25, 0.3) is 0 Å². The molecule has 1 saturated heterocycles. The first-order chi connectivity index (χ1) is 9.11. The summed E-state index contributed by atoms with van der Waals surface area (Å²) in [6, 6.07) is 0. The molecule has 0 spiro atoms. The molecule has 0 aromatic carbocycles. The Morgan fingerprint density at radius 1 is 1.53 bits per heavy atom. The van der Waals surface area contributed by atoms with E-state index in [2.05, 4.69) is 15.3 Å². The molecule has 0 saturated carbocycles. The number of nitro groups is 1. The van der Waals surface area contributed by atoms with Gasteiger partial charge in [0.2, 0.25) is 5.95 Å². The molecule has 8 nitrogen and oxygen atoms in total. The molecule has 1 fully saturated rings. The van der Waals surface area contributed by atoms with Gasteiger partial charge in [-0.1, -0.05) is 6.92 Å². The molecule has 1 aromatic heterocycles. The average Bonchev–Trinajstić information content (AvgIpc) is 2.30. The van der Waals surface area contributed by atoms with Crippen LogP contribution in [0.1, 0.15) is 19.0 Å². The SMILES string of the molecule is CCCNc1nc(C)c([N+](=O)[O-])c(OC2COC2)n1. The number of aromatic nitrogens is 2. The number of nitrogens with one attached hydrogen (secondary N) is 1. The lowest BCUT2D eigenvalue weighted by atomic mass is 10.3. The predicted octanol–water partition coefficient (Wildman–Crippen LogP) is 1.29. The zero-order valence-electron chi connectivity index (χ0n) is 10.9. The van der Waals surface area contributed by atoms with Gasteiger partial charge in [0, 0.05) is 6.54 Å². The van der Waals surface area contributed by atoms with Crippen LogP contribution in [0, 0.1) is 17.0 Å². The first-order valence-corrected chi connectivity index (χ1v) is 6.13. The normalized spacial score (nSPS) is 14.8. The summed E-state index contributed by atoms with van der Waals surface area (Å²) in [5.74, 6) is 0.351. The van der Waals surface area contributed by atoms with Crippen LogP contribution in [0.4, 0.5) is 11.6 Å². The van der Waals surface area contributed by atoms with Gasteiger partial charge in [-0.05, 0) is 13.3 Å². The second kappa shape index (κ2) is 5.79. The van der Waals surface area contributed by atoms with Gasteiger partial charge in [0.15, 0.2) is 0 Å². The lowest BCUT2D eigenvalue weighted by Crippen LogP contribution is -2.39. The highest BCUT2D eigenvalue weighted by atomic mass is 16.6. The van der Waals surface area contributed by atoms with Crippen molar-refractivity contribution in [2.45, 2.75) is 26.4 Å². The summed E-state index contributed by atoms with van der Waals surface area (Å²) in [6.45, 7) is 5.13. The summed E-state index contributed by atoms with van der Waals surface area (Å²) >= 11 is 0. The van der Waals surface area contributed by atoms with Crippen LogP contribution in [0.3, 0.4) is 0 Å². The van der Waals surface area contributed by atoms with Gasteiger partial charge in [0.05, 0.1) is 18.1 Å². The Bertz CT molecular complexity index is 476. The number of hydrogen-bond donors (Lipinski definition) is 1. The number of nitrogens with zero attached hydrogens (tertiary/aromatic N) is 3. The number of hydrogen-bond acceptors (Lipinski definition) is 7. The predicted molar refractivity (Wildman–Crippen MR) is 67.4 cm³/mol. The van der Waals surface area contributed by atoms with Crippen LogP contribution in [0.2, 0.25) is 0 Å². The highest BCUT2D eigenvalue weighted by Crippen LogP contribution is 2.30. The number of aryl methyl sites for hydroxylation is 1. The van der Waals surface area contributed by atoms with E-state index in [1.54, 1.807) is 6.92 Å². The zero-order chi connectivity index (χ0) is 13.8. The summed E-state index contributed by atoms with van der Waals surface area (Å²) in [7, 11) is 0. The van der Waals surface area contributed by atoms with Crippen molar-refractivity contribution in [1.29, 1.82) is 0 Å². The molecule has 0 aliphatic carbocycles. The van der Waals surface area contributed by atoms with E-state index in [9.17, 15) is 10.1 Å². The number of anilines is 1. The molecule has 0 radical (unpaired) electrons. The molecule has 1 aromatic rings. The smallest absolute Gasteiger partial charge is 0.352 e. The standard InChI is InChI=1S/C11H16N4O4/c1-3-4-12-11-13-7(2)9(15(16)17)10(14-11)19-8-5-18-6-8/h8H,3-6H2,1-2H3,(H,12,13,14). The van der Waals surface area contributed by atoms with E-state index in [0.29, 0.717) is 25.7 Å². The van der Waals surface area contributed by atoms with E-state index < -0.39 is 4.92 Å². The summed E-state index contributed by atoms with van der Waals surface area (Å²) < 4.78 is 10.5. The second-order valence-corrected chi connectivity index (χ2v) is 4.25. The molecule has 1 aliphatic rings. The second-order valence-electron chi connectivity index (χ2n) is 4.25. The minimum absolute atomic E-state index is 0.00408. The quantitative estimate of drug-likeness (QED) is 0.613. The van der Waals surface area contributed by atoms with Gasteiger partial charge in [-0.15, -0.1) is 0 Å². The minimum atomic E-state index is -0.520. The molecule has 0 atom stereocenters. The molecular formula is C11H16N4O4. The summed E-state index contributed by atoms with van der Waals surface area (Å²) in [6.07, 6.45) is 0.735. The van der Waals surface area contributed by atoms with E-state index >= 15 is 0 Å². The van der Waals surface area contributed by atoms with Crippen molar-refractivity contribution in [1.82, 2.24) is 9.97 Å². The Morgan fingerprint density at radius 2 is 2.26 bits per heavy atom. The minimum Gasteiger partial charge on any atom is -0.464 e. The van der Waals surface area contributed by atoms with Gasteiger partial charge in [-0.3, -0.25) is 10.1 Å². The van der Waals surface area contributed by atoms with Gasteiger partial charge in [0.1, 0.15) is 11.8 Å². The maximum atomic E-state index is 11.0. The Morgan fingerprint density at radius 3 is 2.79 bits per heavy atom. The molecule has 2 heterocycles. The fourth-order valence-corrected chi connectivity index (χ4v) is 1.59. The lowest BCUT2D eigenvalue weighted by Gasteiger charge is -2.26. The molecular weight excluding hydrogens is 252 g/mol. The maximum absolute atomic E-state index is 11.0. The summed E-state index contributed by atoms with van der Waals surface area (Å²) in [5, 5.41) is 14.0. The molecule has 104 valence electrons. The lowest BCUT2D eigenvalue weighted by molar-refractivity contribution is -0.387. The van der Waals surface area contributed by atoms with Crippen molar-refractivity contribution in [2.75, 3.05) is 25.1 Å². The van der Waals surface area contributed by atoms with Crippen LogP contribution in [0.15, 0.2) is 0 Å². The Kier molecular flexibility index (Phi) is 4.10. The first kappa shape index (κ1) is 13.5. The average molecular weight is 268 g/mol. The Hall–Kier alpha value is -1.96. The van der Waals surface area contributed by atoms with Crippen molar-refractivity contribution in [3.63, 3.8) is 0 Å². The van der Waals surface area contributed by atoms with Gasteiger partial charge in [0.25, 0.3) is 5.88 Å². The summed E-state index contributed by atoms with van der Waals surface area (Å²) in [5.41, 5.74) is 0.0998. The zero-order valence-corrected chi connectivity index (χ0v) is 10.9. The Balaban J connectivity index is 2.27. The van der Waals surface area contributed by atoms with Crippen molar-refractivity contribution in [2.24, 2.45) is 0 Å². The van der Waals surface area contributed by atoms with Crippen LogP contribution in [-0.4, -0.2) is 40.8 Å². The van der Waals surface area contributed by atoms with Crippen molar-refractivity contribution < 1.29 is 14.4 Å². The summed E-state index contributed by atoms with van der Waals surface area (Å²) in [4.78, 5) is 18.7. The molecule has 0 amide bonds. The largest absolute Gasteiger partial charge is 0.464 e. The fraction of sp³-hybridized carbons (Fsp3) is 0.636. The monoisotopic (exact) mass is 268 g/mol. The molecule has 19 heavy (non-hydrogen) atoms. The van der Waals surface area contributed by atoms with Crippen molar-refractivity contribution >= 4 is 11.6 Å². The Labute approximate surface area is 110 Å². The molecule has 0 unspecified atom stereocenters. The number of ether oxygens (including phenoxy) is 2. The van der Waals surface area contributed by atoms with E-state index in [4.69, 9.17) is 9.47 Å². The molecule has 1 aliphatic heterocycles. The third kappa shape index (κ3) is 3.08. The van der Waals surface area contributed by atoms with E-state index in [1.165, 1.54) is 0 Å². The van der Waals surface area contributed by atoms with Crippen LogP contribution >= 0.6 is 0 Å². The molecule has 1 N–H and O–H groups in total. The fourth-order valence-electron chi connectivity index (χ4n) is 1.59.